The Bertz CT molecular complexity index is 28.7. The molecule has 0 aliphatic carbocycles. The van der Waals surface area contributed by atoms with Gasteiger partial charge in [-0.2, -0.15) is 0 Å². The van der Waals surface area contributed by atoms with E-state index in [4.69, 9.17) is 4.12 Å². The zero-order valence-electron chi connectivity index (χ0n) is 4.56. The van der Waals surface area contributed by atoms with Gasteiger partial charge >= 0.3 is 0 Å². The van der Waals surface area contributed by atoms with E-state index in [1.807, 2.05) is 0 Å². The van der Waals surface area contributed by atoms with E-state index in [1.165, 1.54) is 20.8 Å². The Labute approximate surface area is 49.8 Å². The molecule has 0 aliphatic rings. The molecule has 0 amide bonds. The van der Waals surface area contributed by atoms with Crippen molar-refractivity contribution in [2.75, 3.05) is 0 Å². The standard InChI is InChI=1S/H11NOSi4/c3-1(4)6-2-5/h6H2,3-5H3. The van der Waals surface area contributed by atoms with Crippen LogP contribution in [0.5, 0.6) is 0 Å². The molecule has 0 saturated carbocycles. The van der Waals surface area contributed by atoms with Crippen molar-refractivity contribution in [2.45, 2.75) is 0 Å². The first-order valence-electron chi connectivity index (χ1n) is 1.91. The van der Waals surface area contributed by atoms with Gasteiger partial charge in [0.05, 0.1) is 20.8 Å². The summed E-state index contributed by atoms with van der Waals surface area (Å²) >= 11 is 0. The van der Waals surface area contributed by atoms with E-state index in [9.17, 15) is 0 Å². The highest BCUT2D eigenvalue weighted by atomic mass is 28.4. The Hall–Kier alpha value is 0.788. The van der Waals surface area contributed by atoms with Crippen molar-refractivity contribution >= 4 is 41.2 Å². The van der Waals surface area contributed by atoms with Crippen LogP contribution >= 0.6 is 0 Å². The highest BCUT2D eigenvalue weighted by Gasteiger charge is 1.80. The van der Waals surface area contributed by atoms with E-state index in [-0.39, 0.29) is 9.92 Å². The minimum Gasteiger partial charge on any atom is -0.458 e. The van der Waals surface area contributed by atoms with Crippen LogP contribution in [0.15, 0.2) is 0 Å². The normalized spacial score (nSPS) is 13.5. The summed E-state index contributed by atoms with van der Waals surface area (Å²) in [4.78, 5) is 0. The van der Waals surface area contributed by atoms with Crippen LogP contribution in [-0.2, 0) is 4.12 Å². The minimum absolute atomic E-state index is 0.125. The van der Waals surface area contributed by atoms with E-state index < -0.39 is 0 Å². The first kappa shape index (κ1) is 6.79. The van der Waals surface area contributed by atoms with Crippen LogP contribution in [0, 0.1) is 0 Å². The first-order chi connectivity index (χ1) is 2.77. The number of hydrogen-bond donors (Lipinski definition) is 0. The zero-order chi connectivity index (χ0) is 4.99. The van der Waals surface area contributed by atoms with E-state index >= 15 is 0 Å². The van der Waals surface area contributed by atoms with Crippen LogP contribution in [0.2, 0.25) is 0 Å². The van der Waals surface area contributed by atoms with Crippen molar-refractivity contribution in [2.24, 2.45) is 0 Å². The van der Waals surface area contributed by atoms with Crippen molar-refractivity contribution < 1.29 is 4.12 Å². The Morgan fingerprint density at radius 2 is 2.00 bits per heavy atom. The molecule has 0 radical (unpaired) electrons. The Kier molecular flexibility index (Phi) is 4.48. The molecule has 0 aliphatic heterocycles. The van der Waals surface area contributed by atoms with Crippen LogP contribution in [0.3, 0.4) is 0 Å². The highest BCUT2D eigenvalue weighted by molar-refractivity contribution is 6.50. The highest BCUT2D eigenvalue weighted by Crippen LogP contribution is 1.60. The second-order valence-corrected chi connectivity index (χ2v) is 12.7. The molecular formula is H11NOSi4. The largest absolute Gasteiger partial charge is 0.458 e. The summed E-state index contributed by atoms with van der Waals surface area (Å²) < 4.78 is 7.49. The Morgan fingerprint density at radius 3 is 2.00 bits per heavy atom. The van der Waals surface area contributed by atoms with Gasteiger partial charge in [-0.1, -0.05) is 0 Å². The van der Waals surface area contributed by atoms with Gasteiger partial charge in [0.1, 0.15) is 10.5 Å². The molecular weight excluding hydrogens is 142 g/mol. The average Bonchev–Trinajstić information content (AvgIpc) is 1.35. The molecule has 0 aromatic heterocycles. The molecule has 0 fully saturated rings. The fraction of sp³-hybridized carbons (Fsp3) is 0. The molecule has 0 rings (SSSR count). The zero-order valence-corrected chi connectivity index (χ0v) is 12.0. The summed E-state index contributed by atoms with van der Waals surface area (Å²) in [5.41, 5.74) is 0. The average molecular weight is 153 g/mol. The smallest absolute Gasteiger partial charge is 0.212 e. The van der Waals surface area contributed by atoms with E-state index in [0.29, 0.717) is 0 Å². The quantitative estimate of drug-likeness (QED) is 0.369. The predicted molar refractivity (Wildman–Crippen MR) is 41.3 cm³/mol. The number of hydrogen-bond acceptors (Lipinski definition) is 2. The summed E-state index contributed by atoms with van der Waals surface area (Å²) in [6, 6.07) is 0. The fourth-order valence-corrected chi connectivity index (χ4v) is 6.97. The van der Waals surface area contributed by atoms with Crippen molar-refractivity contribution in [3.05, 3.63) is 0 Å². The maximum atomic E-state index is 5.08. The fourth-order valence-electron chi connectivity index (χ4n) is 0.258. The van der Waals surface area contributed by atoms with Crippen LogP contribution in [0.1, 0.15) is 0 Å². The molecule has 0 spiro atoms. The van der Waals surface area contributed by atoms with Gasteiger partial charge in [0.25, 0.3) is 0 Å². The van der Waals surface area contributed by atoms with Gasteiger partial charge < -0.3 is 8.01 Å². The second-order valence-electron chi connectivity index (χ2n) is 1.50. The van der Waals surface area contributed by atoms with Crippen LogP contribution in [-0.4, -0.2) is 45.1 Å². The monoisotopic (exact) mass is 153 g/mol. The number of rotatable bonds is 2. The second kappa shape index (κ2) is 3.96. The molecule has 6 heteroatoms. The van der Waals surface area contributed by atoms with Crippen LogP contribution in [0.25, 0.3) is 0 Å². The summed E-state index contributed by atoms with van der Waals surface area (Å²) in [5.74, 6) is 0. The van der Waals surface area contributed by atoms with Gasteiger partial charge in [0.2, 0.25) is 9.92 Å². The van der Waals surface area contributed by atoms with Gasteiger partial charge in [0, 0.05) is 0 Å². The molecule has 0 N–H and O–H groups in total. The van der Waals surface area contributed by atoms with Crippen LogP contribution < -0.4 is 0 Å². The molecule has 0 bridgehead atoms. The lowest BCUT2D eigenvalue weighted by atomic mass is 13.8. The third kappa shape index (κ3) is 4.79. The Balaban J connectivity index is 2.63. The van der Waals surface area contributed by atoms with Gasteiger partial charge in [0.15, 0.2) is 0 Å². The molecule has 0 heterocycles. The van der Waals surface area contributed by atoms with Crippen molar-refractivity contribution in [3.63, 3.8) is 0 Å². The molecule has 0 aromatic rings. The lowest BCUT2D eigenvalue weighted by Crippen LogP contribution is -2.22. The SMILES string of the molecule is [SiH3]O[SiH2]N([SiH3])[SiH3]. The molecule has 0 atom stereocenters. The summed E-state index contributed by atoms with van der Waals surface area (Å²) in [6.45, 7) is 0. The third-order valence-electron chi connectivity index (χ3n) is 0.387. The topological polar surface area (TPSA) is 12.5 Å². The van der Waals surface area contributed by atoms with E-state index in [0.717, 1.165) is 10.5 Å². The van der Waals surface area contributed by atoms with Gasteiger partial charge in [-0.3, -0.25) is 0 Å². The Morgan fingerprint density at radius 1 is 1.50 bits per heavy atom. The van der Waals surface area contributed by atoms with E-state index in [1.54, 1.807) is 0 Å². The van der Waals surface area contributed by atoms with Crippen molar-refractivity contribution in [1.29, 1.82) is 0 Å². The summed E-state index contributed by atoms with van der Waals surface area (Å²) in [7, 11) is 3.29. The minimum atomic E-state index is -0.125. The van der Waals surface area contributed by atoms with Crippen LogP contribution in [0.4, 0.5) is 0 Å². The molecule has 0 saturated heterocycles. The van der Waals surface area contributed by atoms with Gasteiger partial charge in [-0.05, 0) is 0 Å². The van der Waals surface area contributed by atoms with Crippen molar-refractivity contribution in [1.82, 2.24) is 3.90 Å². The van der Waals surface area contributed by atoms with Gasteiger partial charge in [-0.15, -0.1) is 0 Å². The molecule has 6 heavy (non-hydrogen) atoms. The summed E-state index contributed by atoms with van der Waals surface area (Å²) in [5, 5.41) is 0. The third-order valence-corrected chi connectivity index (χ3v) is 3.49. The molecule has 0 unspecified atom stereocenters. The summed E-state index contributed by atoms with van der Waals surface area (Å²) in [6.07, 6.45) is 0. The molecule has 38 valence electrons. The number of nitrogens with zero attached hydrogens (tertiary/aromatic N) is 1. The van der Waals surface area contributed by atoms with Gasteiger partial charge in [-0.25, -0.2) is 0 Å². The molecule has 2 nitrogen and oxygen atoms in total. The van der Waals surface area contributed by atoms with E-state index in [2.05, 4.69) is 3.90 Å². The lowest BCUT2D eigenvalue weighted by molar-refractivity contribution is 0.633. The van der Waals surface area contributed by atoms with Crippen molar-refractivity contribution in [3.8, 4) is 0 Å². The lowest BCUT2D eigenvalue weighted by Gasteiger charge is -2.04. The molecule has 0 aromatic carbocycles. The maximum absolute atomic E-state index is 5.08. The first-order valence-corrected chi connectivity index (χ1v) is 5.72. The maximum Gasteiger partial charge on any atom is 0.212 e. The predicted octanol–water partition coefficient (Wildman–Crippen LogP) is -4.85.